The van der Waals surface area contributed by atoms with Gasteiger partial charge in [0.15, 0.2) is 0 Å². The van der Waals surface area contributed by atoms with E-state index in [0.29, 0.717) is 12.3 Å². The van der Waals surface area contributed by atoms with Gasteiger partial charge in [-0.15, -0.1) is 0 Å². The molecule has 3 nitrogen and oxygen atoms in total. The maximum Gasteiger partial charge on any atom is 0.123 e. The van der Waals surface area contributed by atoms with E-state index in [0.717, 1.165) is 17.5 Å². The van der Waals surface area contributed by atoms with E-state index >= 15 is 0 Å². The summed E-state index contributed by atoms with van der Waals surface area (Å²) in [6, 6.07) is 11.7. The molecule has 0 aromatic heterocycles. The summed E-state index contributed by atoms with van der Waals surface area (Å²) in [7, 11) is 1.60. The lowest BCUT2D eigenvalue weighted by Gasteiger charge is -2.16. The second-order valence-electron chi connectivity index (χ2n) is 4.98. The lowest BCUT2D eigenvalue weighted by atomic mass is 10.1. The molecule has 4 heteroatoms. The summed E-state index contributed by atoms with van der Waals surface area (Å²) in [5.41, 5.74) is 1.73. The van der Waals surface area contributed by atoms with Gasteiger partial charge in [0.2, 0.25) is 0 Å². The van der Waals surface area contributed by atoms with Crippen molar-refractivity contribution < 1.29 is 14.2 Å². The van der Waals surface area contributed by atoms with Crippen LogP contribution in [-0.4, -0.2) is 18.8 Å². The molecule has 0 aliphatic heterocycles. The Hall–Kier alpha value is -2.07. The number of benzene rings is 2. The number of ether oxygens (including phenoxy) is 1. The SMILES string of the molecule is COc1ccc(O)c(C(C)NCCc2cccc(F)c2)c1. The first kappa shape index (κ1) is 15.3. The number of phenols is 1. The monoisotopic (exact) mass is 289 g/mol. The molecule has 0 aliphatic rings. The van der Waals surface area contributed by atoms with E-state index in [1.165, 1.54) is 12.1 Å². The number of hydrogen-bond donors (Lipinski definition) is 2. The zero-order valence-corrected chi connectivity index (χ0v) is 12.3. The molecule has 2 aromatic carbocycles. The van der Waals surface area contributed by atoms with Gasteiger partial charge >= 0.3 is 0 Å². The van der Waals surface area contributed by atoms with Crippen molar-refractivity contribution in [3.63, 3.8) is 0 Å². The second kappa shape index (κ2) is 7.09. The van der Waals surface area contributed by atoms with Crippen LogP contribution < -0.4 is 10.1 Å². The quantitative estimate of drug-likeness (QED) is 0.856. The molecule has 2 rings (SSSR count). The van der Waals surface area contributed by atoms with Crippen LogP contribution in [0.4, 0.5) is 4.39 Å². The predicted molar refractivity (Wildman–Crippen MR) is 81.2 cm³/mol. The van der Waals surface area contributed by atoms with Crippen LogP contribution in [0.2, 0.25) is 0 Å². The molecule has 1 unspecified atom stereocenters. The molecule has 0 saturated heterocycles. The Balaban J connectivity index is 1.94. The van der Waals surface area contributed by atoms with E-state index in [9.17, 15) is 9.50 Å². The molecule has 0 radical (unpaired) electrons. The van der Waals surface area contributed by atoms with Gasteiger partial charge in [0.25, 0.3) is 0 Å². The Bertz CT molecular complexity index is 601. The molecule has 0 heterocycles. The summed E-state index contributed by atoms with van der Waals surface area (Å²) in [4.78, 5) is 0. The zero-order valence-electron chi connectivity index (χ0n) is 12.3. The summed E-state index contributed by atoms with van der Waals surface area (Å²) in [5, 5.41) is 13.2. The zero-order chi connectivity index (χ0) is 15.2. The minimum atomic E-state index is -0.217. The Morgan fingerprint density at radius 1 is 1.24 bits per heavy atom. The molecule has 21 heavy (non-hydrogen) atoms. The minimum absolute atomic E-state index is 0.0198. The van der Waals surface area contributed by atoms with Gasteiger partial charge in [0, 0.05) is 11.6 Å². The first-order valence-electron chi connectivity index (χ1n) is 6.95. The van der Waals surface area contributed by atoms with Gasteiger partial charge in [-0.25, -0.2) is 4.39 Å². The van der Waals surface area contributed by atoms with Gasteiger partial charge in [-0.05, 0) is 55.8 Å². The third-order valence-electron chi connectivity index (χ3n) is 3.45. The maximum absolute atomic E-state index is 13.1. The highest BCUT2D eigenvalue weighted by atomic mass is 19.1. The summed E-state index contributed by atoms with van der Waals surface area (Å²) in [5.74, 6) is 0.731. The Labute approximate surface area is 124 Å². The summed E-state index contributed by atoms with van der Waals surface area (Å²) < 4.78 is 18.3. The smallest absolute Gasteiger partial charge is 0.123 e. The molecule has 0 bridgehead atoms. The van der Waals surface area contributed by atoms with E-state index < -0.39 is 0 Å². The number of aromatic hydroxyl groups is 1. The van der Waals surface area contributed by atoms with Crippen LogP contribution in [0, 0.1) is 5.82 Å². The highest BCUT2D eigenvalue weighted by molar-refractivity contribution is 5.41. The summed E-state index contributed by atoms with van der Waals surface area (Å²) in [6.45, 7) is 2.67. The van der Waals surface area contributed by atoms with Crippen LogP contribution >= 0.6 is 0 Å². The second-order valence-corrected chi connectivity index (χ2v) is 4.98. The lowest BCUT2D eigenvalue weighted by Crippen LogP contribution is -2.21. The molecule has 1 atom stereocenters. The Morgan fingerprint density at radius 3 is 2.76 bits per heavy atom. The van der Waals surface area contributed by atoms with Crippen molar-refractivity contribution in [3.8, 4) is 11.5 Å². The van der Waals surface area contributed by atoms with Crippen molar-refractivity contribution >= 4 is 0 Å². The van der Waals surface area contributed by atoms with Crippen molar-refractivity contribution in [2.75, 3.05) is 13.7 Å². The van der Waals surface area contributed by atoms with Crippen LogP contribution in [0.1, 0.15) is 24.1 Å². The lowest BCUT2D eigenvalue weighted by molar-refractivity contribution is 0.407. The van der Waals surface area contributed by atoms with Crippen molar-refractivity contribution in [2.45, 2.75) is 19.4 Å². The number of rotatable bonds is 6. The summed E-state index contributed by atoms with van der Waals surface area (Å²) >= 11 is 0. The van der Waals surface area contributed by atoms with E-state index in [1.54, 1.807) is 25.3 Å². The first-order chi connectivity index (χ1) is 10.1. The predicted octanol–water partition coefficient (Wildman–Crippen LogP) is 3.43. The molecular formula is C17H20FNO2. The maximum atomic E-state index is 13.1. The topological polar surface area (TPSA) is 41.5 Å². The molecular weight excluding hydrogens is 269 g/mol. The Kier molecular flexibility index (Phi) is 5.17. The van der Waals surface area contributed by atoms with Crippen LogP contribution in [0.3, 0.4) is 0 Å². The molecule has 0 fully saturated rings. The number of hydrogen-bond acceptors (Lipinski definition) is 3. The highest BCUT2D eigenvalue weighted by Crippen LogP contribution is 2.28. The van der Waals surface area contributed by atoms with Gasteiger partial charge in [-0.3, -0.25) is 0 Å². The Morgan fingerprint density at radius 2 is 2.05 bits per heavy atom. The standard InChI is InChI=1S/C17H20FNO2/c1-12(16-11-15(21-2)6-7-17(16)20)19-9-8-13-4-3-5-14(18)10-13/h3-7,10-12,19-20H,8-9H2,1-2H3. The van der Waals surface area contributed by atoms with Gasteiger partial charge in [0.1, 0.15) is 17.3 Å². The molecule has 0 spiro atoms. The van der Waals surface area contributed by atoms with Crippen LogP contribution in [0.25, 0.3) is 0 Å². The van der Waals surface area contributed by atoms with Crippen LogP contribution in [-0.2, 0) is 6.42 Å². The van der Waals surface area contributed by atoms with Crippen LogP contribution in [0.5, 0.6) is 11.5 Å². The van der Waals surface area contributed by atoms with Gasteiger partial charge in [-0.1, -0.05) is 12.1 Å². The molecule has 0 saturated carbocycles. The fourth-order valence-corrected chi connectivity index (χ4v) is 2.24. The largest absolute Gasteiger partial charge is 0.508 e. The third-order valence-corrected chi connectivity index (χ3v) is 3.45. The van der Waals surface area contributed by atoms with E-state index in [4.69, 9.17) is 4.74 Å². The highest BCUT2D eigenvalue weighted by Gasteiger charge is 2.11. The number of methoxy groups -OCH3 is 1. The fraction of sp³-hybridized carbons (Fsp3) is 0.294. The molecule has 2 aromatic rings. The third kappa shape index (κ3) is 4.20. The van der Waals surface area contributed by atoms with Crippen LogP contribution in [0.15, 0.2) is 42.5 Å². The van der Waals surface area contributed by atoms with Gasteiger partial charge < -0.3 is 15.2 Å². The number of nitrogens with one attached hydrogen (secondary N) is 1. The average Bonchev–Trinajstić information content (AvgIpc) is 2.47. The molecule has 0 aliphatic carbocycles. The first-order valence-corrected chi connectivity index (χ1v) is 6.95. The molecule has 0 amide bonds. The van der Waals surface area contributed by atoms with Crippen molar-refractivity contribution in [3.05, 3.63) is 59.4 Å². The van der Waals surface area contributed by atoms with E-state index in [1.807, 2.05) is 19.1 Å². The van der Waals surface area contributed by atoms with Crippen molar-refractivity contribution in [1.82, 2.24) is 5.32 Å². The fourth-order valence-electron chi connectivity index (χ4n) is 2.24. The van der Waals surface area contributed by atoms with E-state index in [2.05, 4.69) is 5.32 Å². The van der Waals surface area contributed by atoms with Crippen molar-refractivity contribution in [1.29, 1.82) is 0 Å². The van der Waals surface area contributed by atoms with Gasteiger partial charge in [-0.2, -0.15) is 0 Å². The summed E-state index contributed by atoms with van der Waals surface area (Å²) in [6.07, 6.45) is 0.729. The van der Waals surface area contributed by atoms with E-state index in [-0.39, 0.29) is 17.6 Å². The van der Waals surface area contributed by atoms with Gasteiger partial charge in [0.05, 0.1) is 7.11 Å². The average molecular weight is 289 g/mol. The molecule has 2 N–H and O–H groups in total. The van der Waals surface area contributed by atoms with Crippen molar-refractivity contribution in [2.24, 2.45) is 0 Å². The number of phenolic OH excluding ortho intramolecular Hbond substituents is 1. The normalized spacial score (nSPS) is 12.1. The number of halogens is 1. The minimum Gasteiger partial charge on any atom is -0.508 e. The molecule has 112 valence electrons.